The van der Waals surface area contributed by atoms with Crippen LogP contribution in [0, 0.1) is 0 Å². The van der Waals surface area contributed by atoms with Crippen LogP contribution in [-0.2, 0) is 12.8 Å². The van der Waals surface area contributed by atoms with Crippen molar-refractivity contribution in [3.05, 3.63) is 125 Å². The Hall–Kier alpha value is -3.97. The number of nitrogens with zero attached hydrogens (tertiary/aromatic N) is 1. The zero-order valence-corrected chi connectivity index (χ0v) is 19.1. The molecule has 0 saturated carbocycles. The summed E-state index contributed by atoms with van der Waals surface area (Å²) in [5.41, 5.74) is 10.3. The second-order valence-electron chi connectivity index (χ2n) is 9.33. The summed E-state index contributed by atoms with van der Waals surface area (Å²) in [6, 6.07) is 31.2. The second-order valence-corrected chi connectivity index (χ2v) is 9.33. The summed E-state index contributed by atoms with van der Waals surface area (Å²) in [6.07, 6.45) is 11.2. The lowest BCUT2D eigenvalue weighted by atomic mass is 9.81. The number of hydrogen-bond donors (Lipinski definition) is 0. The van der Waals surface area contributed by atoms with Crippen LogP contribution >= 0.6 is 0 Å². The van der Waals surface area contributed by atoms with E-state index in [1.807, 2.05) is 0 Å². The Labute approximate surface area is 200 Å². The summed E-state index contributed by atoms with van der Waals surface area (Å²) in [6.45, 7) is 0. The Balaban J connectivity index is 1.58. The molecule has 5 aromatic rings. The molecule has 0 saturated heterocycles. The molecule has 0 fully saturated rings. The van der Waals surface area contributed by atoms with Crippen LogP contribution in [0.25, 0.3) is 44.5 Å². The van der Waals surface area contributed by atoms with E-state index < -0.39 is 0 Å². The van der Waals surface area contributed by atoms with Crippen molar-refractivity contribution in [1.29, 1.82) is 0 Å². The number of hydrogen-bond acceptors (Lipinski definition) is 1. The van der Waals surface area contributed by atoms with Gasteiger partial charge in [0, 0.05) is 11.3 Å². The van der Waals surface area contributed by atoms with Crippen LogP contribution in [0.5, 0.6) is 0 Å². The lowest BCUT2D eigenvalue weighted by molar-refractivity contribution is 0.930. The molecule has 1 nitrogen and oxygen atoms in total. The first kappa shape index (κ1) is 19.5. The maximum absolute atomic E-state index is 5.20. The Morgan fingerprint density at radius 1 is 0.588 bits per heavy atom. The van der Waals surface area contributed by atoms with Crippen LogP contribution in [-0.4, -0.2) is 4.98 Å². The smallest absolute Gasteiger partial charge is 0.0718 e. The molecule has 0 aliphatic heterocycles. The normalized spacial score (nSPS) is 14.6. The van der Waals surface area contributed by atoms with Crippen LogP contribution in [0.1, 0.15) is 40.8 Å². The third kappa shape index (κ3) is 2.97. The van der Waals surface area contributed by atoms with Crippen molar-refractivity contribution in [2.45, 2.75) is 25.7 Å². The molecule has 0 amide bonds. The predicted molar refractivity (Wildman–Crippen MR) is 144 cm³/mol. The molecule has 1 heterocycles. The van der Waals surface area contributed by atoms with Gasteiger partial charge in [0.1, 0.15) is 0 Å². The molecular weight excluding hydrogens is 410 g/mol. The van der Waals surface area contributed by atoms with Crippen LogP contribution in [0.2, 0.25) is 0 Å². The Bertz CT molecular complexity index is 1590. The van der Waals surface area contributed by atoms with E-state index in [2.05, 4.69) is 103 Å². The van der Waals surface area contributed by atoms with Crippen molar-refractivity contribution < 1.29 is 0 Å². The van der Waals surface area contributed by atoms with Crippen LogP contribution in [0.3, 0.4) is 0 Å². The van der Waals surface area contributed by atoms with E-state index in [9.17, 15) is 0 Å². The maximum atomic E-state index is 5.20. The average molecular weight is 436 g/mol. The molecule has 2 aliphatic carbocycles. The zero-order chi connectivity index (χ0) is 22.5. The lowest BCUT2D eigenvalue weighted by Gasteiger charge is -2.23. The second kappa shape index (κ2) is 7.81. The summed E-state index contributed by atoms with van der Waals surface area (Å²) < 4.78 is 0. The summed E-state index contributed by atoms with van der Waals surface area (Å²) in [5.74, 6) is 0. The predicted octanol–water partition coefficient (Wildman–Crippen LogP) is 8.39. The highest BCUT2D eigenvalue weighted by Gasteiger charge is 2.22. The van der Waals surface area contributed by atoms with E-state index in [0.717, 1.165) is 31.4 Å². The van der Waals surface area contributed by atoms with Gasteiger partial charge in [0.15, 0.2) is 0 Å². The first-order chi connectivity index (χ1) is 16.9. The molecule has 34 heavy (non-hydrogen) atoms. The molecule has 1 heteroatoms. The highest BCUT2D eigenvalue weighted by molar-refractivity contribution is 6.19. The van der Waals surface area contributed by atoms with Gasteiger partial charge in [-0.1, -0.05) is 97.1 Å². The SMILES string of the molecule is C1=Cc2ccc(-c3c4ccccc4c(C4=CCCc5ccccc54)c4ccccc34)nc2CC1. The molecule has 7 rings (SSSR count). The minimum absolute atomic E-state index is 1.01. The highest BCUT2D eigenvalue weighted by atomic mass is 14.7. The number of fused-ring (bicyclic) bond motifs is 4. The van der Waals surface area contributed by atoms with Gasteiger partial charge in [-0.05, 0) is 81.1 Å². The molecule has 0 bridgehead atoms. The summed E-state index contributed by atoms with van der Waals surface area (Å²) in [5, 5.41) is 5.16. The number of aromatic nitrogens is 1. The molecular formula is C33H25N. The van der Waals surface area contributed by atoms with Gasteiger partial charge >= 0.3 is 0 Å². The van der Waals surface area contributed by atoms with Crippen LogP contribution < -0.4 is 0 Å². The Morgan fingerprint density at radius 2 is 1.26 bits per heavy atom. The number of aryl methyl sites for hydroxylation is 2. The minimum atomic E-state index is 1.01. The van der Waals surface area contributed by atoms with Gasteiger partial charge in [-0.15, -0.1) is 0 Å². The largest absolute Gasteiger partial charge is 0.252 e. The van der Waals surface area contributed by atoms with Gasteiger partial charge in [0.2, 0.25) is 0 Å². The Morgan fingerprint density at radius 3 is 2.03 bits per heavy atom. The van der Waals surface area contributed by atoms with E-state index in [4.69, 9.17) is 4.98 Å². The van der Waals surface area contributed by atoms with Crippen molar-refractivity contribution in [1.82, 2.24) is 4.98 Å². The molecule has 0 unspecified atom stereocenters. The van der Waals surface area contributed by atoms with Crippen molar-refractivity contribution >= 4 is 33.2 Å². The minimum Gasteiger partial charge on any atom is -0.252 e. The van der Waals surface area contributed by atoms with Crippen molar-refractivity contribution in [2.24, 2.45) is 0 Å². The average Bonchev–Trinajstić information content (AvgIpc) is 2.91. The maximum Gasteiger partial charge on any atom is 0.0718 e. The zero-order valence-electron chi connectivity index (χ0n) is 19.1. The van der Waals surface area contributed by atoms with E-state index >= 15 is 0 Å². The molecule has 1 aromatic heterocycles. The third-order valence-electron chi connectivity index (χ3n) is 7.38. The van der Waals surface area contributed by atoms with Gasteiger partial charge in [-0.3, -0.25) is 4.98 Å². The number of allylic oxidation sites excluding steroid dienone is 2. The first-order valence-corrected chi connectivity index (χ1v) is 12.3. The molecule has 0 atom stereocenters. The van der Waals surface area contributed by atoms with E-state index in [0.29, 0.717) is 0 Å². The van der Waals surface area contributed by atoms with Crippen LogP contribution in [0.15, 0.2) is 97.1 Å². The standard InChI is InChI=1S/C33H25N/c1-3-13-24-22(10-1)12-9-18-25(24)32-26-14-4-6-16-28(26)33(29-17-7-5-15-27(29)32)31-21-20-23-11-2-8-19-30(23)34-31/h1-7,10-11,13-18,20-21H,8-9,12,19H2. The van der Waals surface area contributed by atoms with Gasteiger partial charge in [0.05, 0.1) is 5.69 Å². The molecule has 0 N–H and O–H groups in total. The van der Waals surface area contributed by atoms with Crippen molar-refractivity contribution in [3.63, 3.8) is 0 Å². The molecule has 0 radical (unpaired) electrons. The van der Waals surface area contributed by atoms with Gasteiger partial charge < -0.3 is 0 Å². The van der Waals surface area contributed by atoms with Gasteiger partial charge in [-0.2, -0.15) is 0 Å². The quantitative estimate of drug-likeness (QED) is 0.254. The topological polar surface area (TPSA) is 12.9 Å². The fourth-order valence-electron chi connectivity index (χ4n) is 5.85. The first-order valence-electron chi connectivity index (χ1n) is 12.3. The molecule has 2 aliphatic rings. The number of benzene rings is 4. The summed E-state index contributed by atoms with van der Waals surface area (Å²) in [7, 11) is 0. The van der Waals surface area contributed by atoms with Crippen molar-refractivity contribution in [3.8, 4) is 11.3 Å². The summed E-state index contributed by atoms with van der Waals surface area (Å²) in [4.78, 5) is 5.20. The number of pyridine rings is 1. The monoisotopic (exact) mass is 435 g/mol. The van der Waals surface area contributed by atoms with Gasteiger partial charge in [0.25, 0.3) is 0 Å². The molecule has 0 spiro atoms. The summed E-state index contributed by atoms with van der Waals surface area (Å²) >= 11 is 0. The fourth-order valence-corrected chi connectivity index (χ4v) is 5.85. The van der Waals surface area contributed by atoms with E-state index in [1.54, 1.807) is 0 Å². The fraction of sp³-hybridized carbons (Fsp3) is 0.121. The molecule has 162 valence electrons. The van der Waals surface area contributed by atoms with E-state index in [1.165, 1.54) is 60.6 Å². The highest BCUT2D eigenvalue weighted by Crippen LogP contribution is 2.44. The Kier molecular flexibility index (Phi) is 4.48. The van der Waals surface area contributed by atoms with Crippen LogP contribution in [0.4, 0.5) is 0 Å². The number of rotatable bonds is 2. The lowest BCUT2D eigenvalue weighted by Crippen LogP contribution is -2.03. The van der Waals surface area contributed by atoms with Crippen molar-refractivity contribution in [2.75, 3.05) is 0 Å². The van der Waals surface area contributed by atoms with Gasteiger partial charge in [-0.25, -0.2) is 0 Å². The van der Waals surface area contributed by atoms with E-state index in [-0.39, 0.29) is 0 Å². The third-order valence-corrected chi connectivity index (χ3v) is 7.38. The molecule has 4 aromatic carbocycles.